The zero-order valence-corrected chi connectivity index (χ0v) is 28.4. The first-order valence-electron chi connectivity index (χ1n) is 15.3. The molecule has 8 heteroatoms. The molecule has 1 saturated carbocycles. The van der Waals surface area contributed by atoms with Gasteiger partial charge in [0.15, 0.2) is 8.32 Å². The predicted octanol–water partition coefficient (Wildman–Crippen LogP) is 7.62. The van der Waals surface area contributed by atoms with Crippen molar-refractivity contribution in [3.05, 3.63) is 0 Å². The summed E-state index contributed by atoms with van der Waals surface area (Å²) in [5, 5.41) is 0. The summed E-state index contributed by atoms with van der Waals surface area (Å²) in [5.41, 5.74) is -0.862. The summed E-state index contributed by atoms with van der Waals surface area (Å²) in [5.74, 6) is -0.450. The molecule has 0 spiro atoms. The summed E-state index contributed by atoms with van der Waals surface area (Å²) in [7, 11) is -4.19. The number of hydrogen-bond acceptors (Lipinski definition) is 6. The van der Waals surface area contributed by atoms with Gasteiger partial charge in [-0.3, -0.25) is 9.59 Å². The van der Waals surface area contributed by atoms with Crippen molar-refractivity contribution >= 4 is 28.6 Å². The third kappa shape index (κ3) is 4.48. The fourth-order valence-electron chi connectivity index (χ4n) is 9.03. The standard InChI is InChI=1S/C30H56O6Si2/c1-13-37(14-2,15-3)35-24(11)28(12)19-33-26(31)17-29-18-27(32)34-30(28,29)16-25(23(29)10)36-38(20(4)5,21(6)7)22(8)9/h20-25H,13-19H2,1-12H3/t23-,24+,25-,28-,29-,30-/m1/s1. The normalized spacial score (nSPS) is 34.8. The molecule has 2 aliphatic heterocycles. The maximum Gasteiger partial charge on any atom is 0.307 e. The van der Waals surface area contributed by atoms with Gasteiger partial charge in [-0.15, -0.1) is 0 Å². The third-order valence-electron chi connectivity index (χ3n) is 11.7. The molecule has 0 aromatic heterocycles. The molecule has 220 valence electrons. The Morgan fingerprint density at radius 3 is 1.87 bits per heavy atom. The van der Waals surface area contributed by atoms with E-state index in [2.05, 4.69) is 83.1 Å². The number of esters is 2. The summed E-state index contributed by atoms with van der Waals surface area (Å²) in [6, 6.07) is 3.10. The average molecular weight is 569 g/mol. The van der Waals surface area contributed by atoms with E-state index in [1.165, 1.54) is 0 Å². The lowest BCUT2D eigenvalue weighted by atomic mass is 9.56. The van der Waals surface area contributed by atoms with Crippen LogP contribution in [0.4, 0.5) is 0 Å². The van der Waals surface area contributed by atoms with Crippen molar-refractivity contribution in [2.45, 2.75) is 155 Å². The van der Waals surface area contributed by atoms with Crippen LogP contribution < -0.4 is 0 Å². The summed E-state index contributed by atoms with van der Waals surface area (Å²) in [6.07, 6.45) is 0.728. The lowest BCUT2D eigenvalue weighted by molar-refractivity contribution is -0.191. The lowest BCUT2D eigenvalue weighted by Crippen LogP contribution is -2.62. The molecule has 2 heterocycles. The number of carbonyl (C=O) groups excluding carboxylic acids is 2. The topological polar surface area (TPSA) is 71.1 Å². The zero-order valence-electron chi connectivity index (χ0n) is 26.4. The molecule has 38 heavy (non-hydrogen) atoms. The molecule has 6 atom stereocenters. The van der Waals surface area contributed by atoms with Crippen LogP contribution >= 0.6 is 0 Å². The number of hydrogen-bond donors (Lipinski definition) is 0. The highest BCUT2D eigenvalue weighted by Gasteiger charge is 2.78. The number of carbonyl (C=O) groups is 2. The van der Waals surface area contributed by atoms with E-state index in [0.717, 1.165) is 18.1 Å². The molecule has 0 radical (unpaired) electrons. The van der Waals surface area contributed by atoms with Crippen LogP contribution in [0.15, 0.2) is 0 Å². The van der Waals surface area contributed by atoms with Gasteiger partial charge in [0.2, 0.25) is 8.32 Å². The molecule has 1 aliphatic carbocycles. The van der Waals surface area contributed by atoms with Crippen molar-refractivity contribution in [3.63, 3.8) is 0 Å². The molecule has 2 saturated heterocycles. The van der Waals surface area contributed by atoms with Crippen LogP contribution in [0.25, 0.3) is 0 Å². The van der Waals surface area contributed by atoms with Crippen LogP contribution in [0, 0.1) is 16.7 Å². The monoisotopic (exact) mass is 568 g/mol. The van der Waals surface area contributed by atoms with E-state index in [1.807, 2.05) is 0 Å². The second-order valence-corrected chi connectivity index (χ2v) is 24.0. The number of rotatable bonds is 11. The fourth-order valence-corrected chi connectivity index (χ4v) is 17.7. The van der Waals surface area contributed by atoms with E-state index in [4.69, 9.17) is 18.3 Å². The smallest absolute Gasteiger partial charge is 0.307 e. The van der Waals surface area contributed by atoms with Gasteiger partial charge in [-0.25, -0.2) is 0 Å². The van der Waals surface area contributed by atoms with Crippen molar-refractivity contribution in [1.29, 1.82) is 0 Å². The van der Waals surface area contributed by atoms with E-state index >= 15 is 0 Å². The third-order valence-corrected chi connectivity index (χ3v) is 22.5. The Morgan fingerprint density at radius 2 is 1.39 bits per heavy atom. The minimum absolute atomic E-state index is 0.0141. The van der Waals surface area contributed by atoms with Gasteiger partial charge in [-0.05, 0) is 54.5 Å². The maximum absolute atomic E-state index is 13.2. The van der Waals surface area contributed by atoms with Gasteiger partial charge in [0, 0.05) is 11.8 Å². The Labute approximate surface area is 234 Å². The first kappa shape index (κ1) is 31.8. The first-order chi connectivity index (χ1) is 17.6. The Hall–Kier alpha value is -0.706. The fraction of sp³-hybridized carbons (Fsp3) is 0.933. The second-order valence-electron chi connectivity index (χ2n) is 13.9. The molecule has 0 N–H and O–H groups in total. The highest BCUT2D eigenvalue weighted by atomic mass is 28.4. The van der Waals surface area contributed by atoms with E-state index in [-0.39, 0.29) is 49.5 Å². The van der Waals surface area contributed by atoms with Gasteiger partial charge in [0.1, 0.15) is 12.2 Å². The van der Waals surface area contributed by atoms with Crippen molar-refractivity contribution in [1.82, 2.24) is 0 Å². The number of ether oxygens (including phenoxy) is 2. The summed E-state index contributed by atoms with van der Waals surface area (Å²) < 4.78 is 27.0. The molecule has 3 fully saturated rings. The summed E-state index contributed by atoms with van der Waals surface area (Å²) in [4.78, 5) is 26.5. The molecular formula is C30H56O6Si2. The molecule has 0 aromatic carbocycles. The molecular weight excluding hydrogens is 512 g/mol. The first-order valence-corrected chi connectivity index (χ1v) is 20.0. The lowest BCUT2D eigenvalue weighted by Gasteiger charge is -2.52. The highest BCUT2D eigenvalue weighted by molar-refractivity contribution is 6.77. The van der Waals surface area contributed by atoms with Gasteiger partial charge in [0.05, 0.1) is 30.5 Å². The minimum Gasteiger partial charge on any atom is -0.465 e. The SMILES string of the molecule is CC[Si](CC)(CC)O[C@@H](C)[C@@]1(C)COC(=O)C[C@]23CC(=O)O[C@@]21C[C@@H](O[Si](C(C)C)(C(C)C)C(C)C)[C@H]3C. The van der Waals surface area contributed by atoms with Gasteiger partial charge in [0.25, 0.3) is 0 Å². The average Bonchev–Trinajstić information content (AvgIpc) is 3.21. The highest BCUT2D eigenvalue weighted by Crippen LogP contribution is 2.70. The van der Waals surface area contributed by atoms with Crippen molar-refractivity contribution in [2.75, 3.05) is 6.61 Å². The van der Waals surface area contributed by atoms with Gasteiger partial charge < -0.3 is 18.3 Å². The van der Waals surface area contributed by atoms with Crippen LogP contribution in [-0.2, 0) is 27.9 Å². The van der Waals surface area contributed by atoms with Crippen molar-refractivity contribution in [2.24, 2.45) is 16.7 Å². The number of cyclic esters (lactones) is 1. The molecule has 0 unspecified atom stereocenters. The maximum atomic E-state index is 13.2. The van der Waals surface area contributed by atoms with E-state index in [0.29, 0.717) is 23.0 Å². The minimum atomic E-state index is -2.21. The molecule has 0 bridgehead atoms. The molecule has 6 nitrogen and oxygen atoms in total. The molecule has 3 aliphatic rings. The van der Waals surface area contributed by atoms with E-state index in [9.17, 15) is 9.59 Å². The van der Waals surface area contributed by atoms with Crippen molar-refractivity contribution in [3.8, 4) is 0 Å². The van der Waals surface area contributed by atoms with Crippen LogP contribution in [0.5, 0.6) is 0 Å². The quantitative estimate of drug-likeness (QED) is 0.189. The largest absolute Gasteiger partial charge is 0.465 e. The molecule has 3 rings (SSSR count). The Bertz CT molecular complexity index is 856. The van der Waals surface area contributed by atoms with Crippen LogP contribution in [0.3, 0.4) is 0 Å². The Morgan fingerprint density at radius 1 is 0.895 bits per heavy atom. The molecule has 0 aromatic rings. The van der Waals surface area contributed by atoms with Gasteiger partial charge >= 0.3 is 11.9 Å². The van der Waals surface area contributed by atoms with Crippen LogP contribution in [0.1, 0.15) is 102 Å². The van der Waals surface area contributed by atoms with Crippen LogP contribution in [-0.4, -0.2) is 53.0 Å². The van der Waals surface area contributed by atoms with Gasteiger partial charge in [-0.2, -0.15) is 0 Å². The van der Waals surface area contributed by atoms with Crippen LogP contribution in [0.2, 0.25) is 34.8 Å². The van der Waals surface area contributed by atoms with Gasteiger partial charge in [-0.1, -0.05) is 69.2 Å². The molecule has 0 amide bonds. The Kier molecular flexibility index (Phi) is 9.16. The summed E-state index contributed by atoms with van der Waals surface area (Å²) >= 11 is 0. The van der Waals surface area contributed by atoms with E-state index in [1.54, 1.807) is 0 Å². The second kappa shape index (κ2) is 10.9. The van der Waals surface area contributed by atoms with E-state index < -0.39 is 33.1 Å². The Balaban J connectivity index is 2.16. The van der Waals surface area contributed by atoms with Crippen molar-refractivity contribution < 1.29 is 27.9 Å². The predicted molar refractivity (Wildman–Crippen MR) is 157 cm³/mol. The zero-order chi connectivity index (χ0) is 28.9. The summed E-state index contributed by atoms with van der Waals surface area (Å²) in [6.45, 7) is 27.2.